The number of aliphatic hydroxyl groups is 1. The zero-order chi connectivity index (χ0) is 19.0. The van der Waals surface area contributed by atoms with Gasteiger partial charge >= 0.3 is 7.60 Å². The molecule has 0 aliphatic carbocycles. The normalized spacial score (nSPS) is 13.0. The van der Waals surface area contributed by atoms with Crippen molar-refractivity contribution in [1.29, 1.82) is 0 Å². The minimum Gasteiger partial charge on any atom is -0.373 e. The first kappa shape index (κ1) is 24.6. The molecule has 0 bridgehead atoms. The van der Waals surface area contributed by atoms with E-state index in [9.17, 15) is 14.5 Å². The number of rotatable bonds is 17. The van der Waals surface area contributed by atoms with E-state index >= 15 is 0 Å². The van der Waals surface area contributed by atoms with E-state index in [0.717, 1.165) is 19.3 Å². The van der Waals surface area contributed by atoms with Crippen LogP contribution in [0.5, 0.6) is 0 Å². The van der Waals surface area contributed by atoms with Crippen LogP contribution in [0.4, 0.5) is 0 Å². The Morgan fingerprint density at radius 1 is 0.840 bits per heavy atom. The molecule has 0 aliphatic rings. The Morgan fingerprint density at radius 3 is 1.64 bits per heavy atom. The second-order valence-corrected chi connectivity index (χ2v) is 8.62. The summed E-state index contributed by atoms with van der Waals surface area (Å²) in [6.07, 6.45) is 14.1. The Hall–Kier alpha value is -0.420. The molecule has 0 aliphatic heterocycles. The van der Waals surface area contributed by atoms with Crippen LogP contribution in [0, 0.1) is 0 Å². The molecule has 0 heterocycles. The first-order valence-electron chi connectivity index (χ1n) is 9.87. The summed E-state index contributed by atoms with van der Waals surface area (Å²) in [4.78, 5) is 28.9. The average molecular weight is 379 g/mol. The second-order valence-electron chi connectivity index (χ2n) is 6.92. The minimum atomic E-state index is -4.30. The molecule has 0 saturated carbocycles. The monoisotopic (exact) mass is 379 g/mol. The maximum absolute atomic E-state index is 11.5. The van der Waals surface area contributed by atoms with Gasteiger partial charge in [0.1, 0.15) is 6.23 Å². The smallest absolute Gasteiger partial charge is 0.330 e. The van der Waals surface area contributed by atoms with E-state index in [1.54, 1.807) is 0 Å². The molecule has 0 aromatic heterocycles. The van der Waals surface area contributed by atoms with Crippen LogP contribution < -0.4 is 5.32 Å². The Balaban J connectivity index is 3.32. The number of carbonyl (C=O) groups excluding carboxylic acids is 1. The van der Waals surface area contributed by atoms with Crippen LogP contribution >= 0.6 is 7.60 Å². The fourth-order valence-corrected chi connectivity index (χ4v) is 3.37. The minimum absolute atomic E-state index is 0.288. The molecule has 1 atom stereocenters. The van der Waals surface area contributed by atoms with E-state index < -0.39 is 20.0 Å². The highest BCUT2D eigenvalue weighted by molar-refractivity contribution is 7.51. The van der Waals surface area contributed by atoms with Gasteiger partial charge in [0.25, 0.3) is 0 Å². The molecular formula is C18H38NO5P. The second kappa shape index (κ2) is 15.8. The molecule has 0 saturated heterocycles. The van der Waals surface area contributed by atoms with Gasteiger partial charge in [0.05, 0.1) is 6.16 Å². The fraction of sp³-hybridized carbons (Fsp3) is 0.944. The summed E-state index contributed by atoms with van der Waals surface area (Å²) in [5.41, 5.74) is 0. The van der Waals surface area contributed by atoms with Crippen molar-refractivity contribution in [3.8, 4) is 0 Å². The lowest BCUT2D eigenvalue weighted by atomic mass is 10.0. The summed E-state index contributed by atoms with van der Waals surface area (Å²) in [6.45, 7) is 2.24. The molecule has 0 aromatic carbocycles. The summed E-state index contributed by atoms with van der Waals surface area (Å²) < 4.78 is 10.7. The van der Waals surface area contributed by atoms with Crippen LogP contribution in [0.2, 0.25) is 0 Å². The van der Waals surface area contributed by atoms with Crippen LogP contribution in [-0.4, -0.2) is 33.2 Å². The number of aliphatic hydroxyl groups excluding tert-OH is 1. The highest BCUT2D eigenvalue weighted by atomic mass is 31.2. The van der Waals surface area contributed by atoms with Crippen LogP contribution in [0.3, 0.4) is 0 Å². The molecule has 4 N–H and O–H groups in total. The topological polar surface area (TPSA) is 107 Å². The van der Waals surface area contributed by atoms with Crippen LogP contribution in [0.15, 0.2) is 0 Å². The molecule has 1 amide bonds. The number of unbranched alkanes of at least 4 members (excludes halogenated alkanes) is 12. The summed E-state index contributed by atoms with van der Waals surface area (Å²) in [5, 5.41) is 11.5. The van der Waals surface area contributed by atoms with Crippen molar-refractivity contribution in [2.45, 2.75) is 103 Å². The lowest BCUT2D eigenvalue weighted by Gasteiger charge is -2.13. The molecule has 7 heteroatoms. The van der Waals surface area contributed by atoms with Gasteiger partial charge in [-0.2, -0.15) is 0 Å². The molecule has 150 valence electrons. The van der Waals surface area contributed by atoms with Crippen molar-refractivity contribution >= 4 is 13.5 Å². The number of nitrogens with one attached hydrogen (secondary N) is 1. The lowest BCUT2D eigenvalue weighted by molar-refractivity contribution is -0.123. The summed E-state index contributed by atoms with van der Waals surface area (Å²) >= 11 is 0. The van der Waals surface area contributed by atoms with Gasteiger partial charge in [0, 0.05) is 6.42 Å². The third-order valence-corrected chi connectivity index (χ3v) is 5.07. The predicted octanol–water partition coefficient (Wildman–Crippen LogP) is 4.08. The highest BCUT2D eigenvalue weighted by Crippen LogP contribution is 2.34. The number of amides is 1. The summed E-state index contributed by atoms with van der Waals surface area (Å²) in [5.74, 6) is -0.357. The van der Waals surface area contributed by atoms with E-state index in [4.69, 9.17) is 9.79 Å². The van der Waals surface area contributed by atoms with Crippen molar-refractivity contribution in [3.63, 3.8) is 0 Å². The van der Waals surface area contributed by atoms with E-state index in [1.165, 1.54) is 64.2 Å². The number of hydrogen-bond donors (Lipinski definition) is 4. The molecule has 25 heavy (non-hydrogen) atoms. The van der Waals surface area contributed by atoms with Gasteiger partial charge in [-0.3, -0.25) is 9.36 Å². The first-order chi connectivity index (χ1) is 11.8. The largest absolute Gasteiger partial charge is 0.373 e. The van der Waals surface area contributed by atoms with Crippen molar-refractivity contribution < 1.29 is 24.3 Å². The average Bonchev–Trinajstić information content (AvgIpc) is 2.49. The molecule has 0 rings (SSSR count). The Morgan fingerprint density at radius 2 is 1.24 bits per heavy atom. The standard InChI is InChI=1S/C18H38NO5P/c1-2-3-4-5-6-7-8-9-10-11-12-13-14-15-17(20)19-18(21)16-25(22,23)24/h18,21H,2-16H2,1H3,(H,19,20)(H2,22,23,24). The van der Waals surface area contributed by atoms with E-state index in [-0.39, 0.29) is 12.3 Å². The third-order valence-electron chi connectivity index (χ3n) is 4.25. The lowest BCUT2D eigenvalue weighted by Crippen LogP contribution is -2.36. The zero-order valence-corrected chi connectivity index (χ0v) is 16.7. The van der Waals surface area contributed by atoms with Crippen molar-refractivity contribution in [2.24, 2.45) is 0 Å². The van der Waals surface area contributed by atoms with Gasteiger partial charge < -0.3 is 20.2 Å². The Labute approximate surface area is 153 Å². The molecule has 0 aromatic rings. The molecule has 1 unspecified atom stereocenters. The molecule has 0 spiro atoms. The van der Waals surface area contributed by atoms with Gasteiger partial charge in [-0.1, -0.05) is 84.0 Å². The molecular weight excluding hydrogens is 341 g/mol. The van der Waals surface area contributed by atoms with Crippen LogP contribution in [0.25, 0.3) is 0 Å². The van der Waals surface area contributed by atoms with Gasteiger partial charge in [0.2, 0.25) is 5.91 Å². The van der Waals surface area contributed by atoms with Crippen molar-refractivity contribution in [2.75, 3.05) is 6.16 Å². The molecule has 6 nitrogen and oxygen atoms in total. The van der Waals surface area contributed by atoms with Gasteiger partial charge in [-0.25, -0.2) is 0 Å². The van der Waals surface area contributed by atoms with Gasteiger partial charge in [-0.05, 0) is 6.42 Å². The SMILES string of the molecule is CCCCCCCCCCCCCCCC(=O)NC(O)CP(=O)(O)O. The van der Waals surface area contributed by atoms with Crippen molar-refractivity contribution in [3.05, 3.63) is 0 Å². The van der Waals surface area contributed by atoms with E-state index in [2.05, 4.69) is 12.2 Å². The fourth-order valence-electron chi connectivity index (χ4n) is 2.83. The third kappa shape index (κ3) is 19.7. The Bertz CT molecular complexity index is 372. The summed E-state index contributed by atoms with van der Waals surface area (Å²) in [6, 6.07) is 0. The van der Waals surface area contributed by atoms with Crippen LogP contribution in [0.1, 0.15) is 96.8 Å². The molecule has 0 fully saturated rings. The highest BCUT2D eigenvalue weighted by Gasteiger charge is 2.20. The first-order valence-corrected chi connectivity index (χ1v) is 11.7. The maximum Gasteiger partial charge on any atom is 0.330 e. The van der Waals surface area contributed by atoms with Gasteiger partial charge in [-0.15, -0.1) is 0 Å². The van der Waals surface area contributed by atoms with Crippen molar-refractivity contribution in [1.82, 2.24) is 5.32 Å². The van der Waals surface area contributed by atoms with E-state index in [1.807, 2.05) is 0 Å². The van der Waals surface area contributed by atoms with Crippen LogP contribution in [-0.2, 0) is 9.36 Å². The quantitative estimate of drug-likeness (QED) is 0.173. The summed E-state index contributed by atoms with van der Waals surface area (Å²) in [7, 11) is -4.30. The molecule has 0 radical (unpaired) electrons. The predicted molar refractivity (Wildman–Crippen MR) is 101 cm³/mol. The number of hydrogen-bond acceptors (Lipinski definition) is 3. The van der Waals surface area contributed by atoms with E-state index in [0.29, 0.717) is 0 Å². The zero-order valence-electron chi connectivity index (χ0n) is 15.8. The Kier molecular flexibility index (Phi) is 15.5. The number of carbonyl (C=O) groups is 1. The van der Waals surface area contributed by atoms with Gasteiger partial charge in [0.15, 0.2) is 0 Å². The maximum atomic E-state index is 11.5.